The van der Waals surface area contributed by atoms with Crippen molar-refractivity contribution >= 4 is 11.8 Å². The van der Waals surface area contributed by atoms with Gasteiger partial charge >= 0.3 is 30.2 Å². The maximum absolute atomic E-state index is 13.7. The molecule has 3 nitrogen and oxygen atoms in total. The van der Waals surface area contributed by atoms with Crippen LogP contribution in [0.5, 0.6) is 0 Å². The van der Waals surface area contributed by atoms with Gasteiger partial charge in [0.1, 0.15) is 5.78 Å². The quantitative estimate of drug-likeness (QED) is 0.156. The van der Waals surface area contributed by atoms with Gasteiger partial charge in [-0.1, -0.05) is 47.0 Å². The molecule has 0 bridgehead atoms. The number of ether oxygens (including phenoxy) is 1. The number of rotatable bonds is 17. The van der Waals surface area contributed by atoms with Crippen LogP contribution in [-0.4, -0.2) is 42.6 Å². The SMILES string of the molecule is CCCCC(CC)COC(=O)C(C)CC(CC)C(=O)CCC(F)(F)C(F)(F)C(F)(F)C(F)F. The van der Waals surface area contributed by atoms with E-state index in [0.717, 1.165) is 25.7 Å². The molecule has 196 valence electrons. The van der Waals surface area contributed by atoms with E-state index in [4.69, 9.17) is 4.74 Å². The molecule has 0 aromatic carbocycles. The van der Waals surface area contributed by atoms with Crippen LogP contribution in [0, 0.1) is 17.8 Å². The zero-order chi connectivity index (χ0) is 26.0. The van der Waals surface area contributed by atoms with Crippen molar-refractivity contribution in [2.45, 2.75) is 103 Å². The van der Waals surface area contributed by atoms with Crippen LogP contribution in [0.4, 0.5) is 35.1 Å². The summed E-state index contributed by atoms with van der Waals surface area (Å²) in [7, 11) is 0. The highest BCUT2D eigenvalue weighted by Crippen LogP contribution is 2.50. The molecule has 0 saturated heterocycles. The van der Waals surface area contributed by atoms with E-state index in [1.54, 1.807) is 0 Å². The summed E-state index contributed by atoms with van der Waals surface area (Å²) in [6.45, 7) is 7.17. The molecule has 0 aromatic heterocycles. The first-order chi connectivity index (χ1) is 15.1. The largest absolute Gasteiger partial charge is 0.465 e. The molecule has 11 heteroatoms. The maximum atomic E-state index is 13.7. The molecule has 0 fully saturated rings. The Labute approximate surface area is 189 Å². The monoisotopic (exact) mass is 498 g/mol. The summed E-state index contributed by atoms with van der Waals surface area (Å²) in [4.78, 5) is 24.5. The minimum absolute atomic E-state index is 0.0830. The van der Waals surface area contributed by atoms with Crippen LogP contribution in [0.2, 0.25) is 0 Å². The molecule has 0 saturated carbocycles. The van der Waals surface area contributed by atoms with Gasteiger partial charge in [-0.25, -0.2) is 8.78 Å². The molecule has 0 heterocycles. The minimum Gasteiger partial charge on any atom is -0.465 e. The molecule has 3 unspecified atom stereocenters. The summed E-state index contributed by atoms with van der Waals surface area (Å²) in [5.74, 6) is -21.2. The number of hydrogen-bond acceptors (Lipinski definition) is 3. The topological polar surface area (TPSA) is 43.4 Å². The fourth-order valence-electron chi connectivity index (χ4n) is 3.31. The number of alkyl halides is 8. The highest BCUT2D eigenvalue weighted by molar-refractivity contribution is 5.82. The normalized spacial score (nSPS) is 15.9. The van der Waals surface area contributed by atoms with E-state index in [-0.39, 0.29) is 25.4 Å². The average Bonchev–Trinajstić information content (AvgIpc) is 2.74. The predicted octanol–water partition coefficient (Wildman–Crippen LogP) is 7.32. The van der Waals surface area contributed by atoms with Crippen LogP contribution in [0.15, 0.2) is 0 Å². The summed E-state index contributed by atoms with van der Waals surface area (Å²) in [5.41, 5.74) is 0. The van der Waals surface area contributed by atoms with Crippen LogP contribution in [0.25, 0.3) is 0 Å². The number of esters is 1. The molecule has 0 aliphatic rings. The van der Waals surface area contributed by atoms with Gasteiger partial charge in [-0.2, -0.15) is 26.3 Å². The summed E-state index contributed by atoms with van der Waals surface area (Å²) < 4.78 is 110. The maximum Gasteiger partial charge on any atom is 0.377 e. The average molecular weight is 498 g/mol. The molecule has 33 heavy (non-hydrogen) atoms. The van der Waals surface area contributed by atoms with E-state index in [2.05, 4.69) is 0 Å². The van der Waals surface area contributed by atoms with Crippen LogP contribution in [-0.2, 0) is 14.3 Å². The summed E-state index contributed by atoms with van der Waals surface area (Å²) in [6.07, 6.45) is -4.61. The fraction of sp³-hybridized carbons (Fsp3) is 0.909. The van der Waals surface area contributed by atoms with E-state index >= 15 is 0 Å². The first-order valence-electron chi connectivity index (χ1n) is 11.2. The zero-order valence-corrected chi connectivity index (χ0v) is 19.4. The van der Waals surface area contributed by atoms with E-state index in [1.165, 1.54) is 13.8 Å². The van der Waals surface area contributed by atoms with Gasteiger partial charge in [0.25, 0.3) is 0 Å². The van der Waals surface area contributed by atoms with Gasteiger partial charge in [-0.15, -0.1) is 0 Å². The van der Waals surface area contributed by atoms with Gasteiger partial charge in [0.2, 0.25) is 0 Å². The smallest absolute Gasteiger partial charge is 0.377 e. The van der Waals surface area contributed by atoms with Crippen molar-refractivity contribution in [3.05, 3.63) is 0 Å². The third-order valence-electron chi connectivity index (χ3n) is 5.83. The third-order valence-corrected chi connectivity index (χ3v) is 5.83. The minimum atomic E-state index is -6.33. The van der Waals surface area contributed by atoms with Gasteiger partial charge in [0, 0.05) is 18.8 Å². The van der Waals surface area contributed by atoms with Crippen LogP contribution < -0.4 is 0 Å². The van der Waals surface area contributed by atoms with Crippen molar-refractivity contribution in [2.75, 3.05) is 6.61 Å². The Morgan fingerprint density at radius 3 is 1.97 bits per heavy atom. The Bertz CT molecular complexity index is 610. The van der Waals surface area contributed by atoms with Gasteiger partial charge in [0.15, 0.2) is 0 Å². The molecular formula is C22H34F8O3. The van der Waals surface area contributed by atoms with Crippen molar-refractivity contribution in [1.29, 1.82) is 0 Å². The highest BCUT2D eigenvalue weighted by Gasteiger charge is 2.74. The van der Waals surface area contributed by atoms with Gasteiger partial charge in [-0.05, 0) is 25.2 Å². The Kier molecular flexibility index (Phi) is 12.9. The molecule has 0 radical (unpaired) electrons. The number of halogens is 8. The molecule has 0 aliphatic carbocycles. The number of unbranched alkanes of at least 4 members (excludes halogenated alkanes) is 1. The lowest BCUT2D eigenvalue weighted by Crippen LogP contribution is -2.57. The fourth-order valence-corrected chi connectivity index (χ4v) is 3.31. The van der Waals surface area contributed by atoms with E-state index in [9.17, 15) is 44.7 Å². The zero-order valence-electron chi connectivity index (χ0n) is 19.4. The standard InChI is InChI=1S/C22H34F8O3/c1-5-8-9-15(6-2)13-33-18(32)14(4)12-16(7-3)17(31)10-11-20(25,26)22(29,30)21(27,28)19(23)24/h14-16,19H,5-13H2,1-4H3. The first kappa shape index (κ1) is 31.6. The summed E-state index contributed by atoms with van der Waals surface area (Å²) in [6, 6.07) is 0. The van der Waals surface area contributed by atoms with Crippen molar-refractivity contribution in [1.82, 2.24) is 0 Å². The third kappa shape index (κ3) is 8.70. The van der Waals surface area contributed by atoms with Crippen LogP contribution in [0.3, 0.4) is 0 Å². The van der Waals surface area contributed by atoms with E-state index in [0.29, 0.717) is 0 Å². The second-order valence-corrected chi connectivity index (χ2v) is 8.46. The van der Waals surface area contributed by atoms with Crippen molar-refractivity contribution in [3.8, 4) is 0 Å². The molecule has 0 amide bonds. The second kappa shape index (κ2) is 13.5. The van der Waals surface area contributed by atoms with E-state index in [1.807, 2.05) is 13.8 Å². The predicted molar refractivity (Wildman–Crippen MR) is 107 cm³/mol. The number of ketones is 1. The van der Waals surface area contributed by atoms with Crippen molar-refractivity contribution < 1.29 is 49.4 Å². The number of carbonyl (C=O) groups excluding carboxylic acids is 2. The van der Waals surface area contributed by atoms with Crippen molar-refractivity contribution in [2.24, 2.45) is 17.8 Å². The van der Waals surface area contributed by atoms with Crippen molar-refractivity contribution in [3.63, 3.8) is 0 Å². The molecule has 0 aliphatic heterocycles. The molecule has 0 N–H and O–H groups in total. The van der Waals surface area contributed by atoms with Crippen LogP contribution >= 0.6 is 0 Å². The molecule has 0 rings (SSSR count). The highest BCUT2D eigenvalue weighted by atomic mass is 19.4. The van der Waals surface area contributed by atoms with Gasteiger partial charge < -0.3 is 4.74 Å². The molecular weight excluding hydrogens is 464 g/mol. The number of hydrogen-bond donors (Lipinski definition) is 0. The van der Waals surface area contributed by atoms with Gasteiger partial charge in [0.05, 0.1) is 12.5 Å². The lowest BCUT2D eigenvalue weighted by molar-refractivity contribution is -0.339. The Balaban J connectivity index is 4.95. The number of carbonyl (C=O) groups is 2. The van der Waals surface area contributed by atoms with Gasteiger partial charge in [-0.3, -0.25) is 9.59 Å². The Hall–Kier alpha value is -1.42. The van der Waals surface area contributed by atoms with E-state index < -0.39 is 60.6 Å². The second-order valence-electron chi connectivity index (χ2n) is 8.46. The lowest BCUT2D eigenvalue weighted by Gasteiger charge is -2.32. The summed E-state index contributed by atoms with van der Waals surface area (Å²) >= 11 is 0. The molecule has 0 spiro atoms. The Morgan fingerprint density at radius 1 is 0.939 bits per heavy atom. The molecule has 3 atom stereocenters. The first-order valence-corrected chi connectivity index (χ1v) is 11.2. The molecule has 0 aromatic rings. The lowest BCUT2D eigenvalue weighted by atomic mass is 9.87. The summed E-state index contributed by atoms with van der Waals surface area (Å²) in [5, 5.41) is 0. The Morgan fingerprint density at radius 2 is 1.52 bits per heavy atom. The van der Waals surface area contributed by atoms with Crippen LogP contribution in [0.1, 0.15) is 79.1 Å². The number of Topliss-reactive ketones (excluding diaryl/α,β-unsaturated/α-hetero) is 1.